The Hall–Kier alpha value is -4.47. The standard InChI is InChI=1S/C27H23F3N4O3/c1-15(31-23(35)13-17-12-20(29)21(30)14-19(17)28)26(36)33-25-27(37)34(2)22-11-7-6-10-18(22)24(32-25)16-8-4-3-5-9-16/h3-12,14-15,25H,13H2,1-2H3,(H,31,35)(H,33,36)/t15-,25+/m0/s1. The molecule has 1 heterocycles. The molecule has 1 aliphatic rings. The summed E-state index contributed by atoms with van der Waals surface area (Å²) in [6.07, 6.45) is -1.90. The van der Waals surface area contributed by atoms with Crippen LogP contribution >= 0.6 is 0 Å². The van der Waals surface area contributed by atoms with Crippen LogP contribution in [0.15, 0.2) is 71.7 Å². The molecule has 0 aliphatic carbocycles. The molecule has 7 nitrogen and oxygen atoms in total. The van der Waals surface area contributed by atoms with Crippen LogP contribution in [0.3, 0.4) is 0 Å². The van der Waals surface area contributed by atoms with E-state index in [1.54, 1.807) is 19.2 Å². The number of nitrogens with zero attached hydrogens (tertiary/aromatic N) is 2. The van der Waals surface area contributed by atoms with Gasteiger partial charge >= 0.3 is 0 Å². The first kappa shape index (κ1) is 25.6. The third-order valence-corrected chi connectivity index (χ3v) is 5.88. The van der Waals surface area contributed by atoms with Crippen molar-refractivity contribution in [3.8, 4) is 0 Å². The van der Waals surface area contributed by atoms with Crippen molar-refractivity contribution >= 4 is 29.1 Å². The van der Waals surface area contributed by atoms with E-state index >= 15 is 0 Å². The highest BCUT2D eigenvalue weighted by Gasteiger charge is 2.32. The minimum atomic E-state index is -1.37. The van der Waals surface area contributed by atoms with E-state index in [0.29, 0.717) is 29.1 Å². The van der Waals surface area contributed by atoms with Gasteiger partial charge in [0.05, 0.1) is 17.8 Å². The summed E-state index contributed by atoms with van der Waals surface area (Å²) in [6, 6.07) is 16.2. The van der Waals surface area contributed by atoms with E-state index in [9.17, 15) is 27.6 Å². The summed E-state index contributed by atoms with van der Waals surface area (Å²) in [5, 5.41) is 4.93. The van der Waals surface area contributed by atoms with Crippen LogP contribution < -0.4 is 15.5 Å². The zero-order valence-electron chi connectivity index (χ0n) is 20.0. The fourth-order valence-electron chi connectivity index (χ4n) is 3.93. The summed E-state index contributed by atoms with van der Waals surface area (Å²) in [5.41, 5.74) is 2.20. The fourth-order valence-corrected chi connectivity index (χ4v) is 3.93. The van der Waals surface area contributed by atoms with Gasteiger partial charge in [-0.1, -0.05) is 48.5 Å². The van der Waals surface area contributed by atoms with Crippen molar-refractivity contribution in [1.29, 1.82) is 0 Å². The van der Waals surface area contributed by atoms with E-state index in [2.05, 4.69) is 15.6 Å². The molecule has 1 aliphatic heterocycles. The number of amides is 3. The maximum Gasteiger partial charge on any atom is 0.272 e. The second-order valence-corrected chi connectivity index (χ2v) is 8.49. The smallest absolute Gasteiger partial charge is 0.272 e. The molecule has 0 saturated carbocycles. The molecule has 0 bridgehead atoms. The van der Waals surface area contributed by atoms with Gasteiger partial charge in [-0.05, 0) is 19.1 Å². The predicted octanol–water partition coefficient (Wildman–Crippen LogP) is 3.11. The second-order valence-electron chi connectivity index (χ2n) is 8.49. The number of aliphatic imine (C=N–C) groups is 1. The summed E-state index contributed by atoms with van der Waals surface area (Å²) < 4.78 is 40.4. The Labute approximate surface area is 211 Å². The largest absolute Gasteiger partial charge is 0.344 e. The van der Waals surface area contributed by atoms with Crippen LogP contribution in [0.1, 0.15) is 23.6 Å². The van der Waals surface area contributed by atoms with Gasteiger partial charge in [-0.2, -0.15) is 0 Å². The second kappa shape index (κ2) is 10.7. The first-order chi connectivity index (χ1) is 17.7. The first-order valence-corrected chi connectivity index (χ1v) is 11.4. The van der Waals surface area contributed by atoms with E-state index in [4.69, 9.17) is 0 Å². The molecule has 0 radical (unpaired) electrons. The third kappa shape index (κ3) is 5.53. The number of hydrogen-bond donors (Lipinski definition) is 2. The fraction of sp³-hybridized carbons (Fsp3) is 0.185. The molecule has 0 fully saturated rings. The molecule has 3 amide bonds. The van der Waals surface area contributed by atoms with Crippen molar-refractivity contribution in [3.05, 3.63) is 101 Å². The molecule has 4 rings (SSSR count). The summed E-state index contributed by atoms with van der Waals surface area (Å²) in [7, 11) is 1.57. The van der Waals surface area contributed by atoms with Crippen molar-refractivity contribution in [3.63, 3.8) is 0 Å². The van der Waals surface area contributed by atoms with Gasteiger partial charge in [-0.25, -0.2) is 18.2 Å². The molecule has 0 unspecified atom stereocenters. The van der Waals surface area contributed by atoms with Crippen molar-refractivity contribution in [1.82, 2.24) is 10.6 Å². The molecule has 190 valence electrons. The van der Waals surface area contributed by atoms with Crippen LogP contribution in [0.2, 0.25) is 0 Å². The number of likely N-dealkylation sites (N-methyl/N-ethyl adjacent to an activating group) is 1. The van der Waals surface area contributed by atoms with Crippen molar-refractivity contribution in [2.45, 2.75) is 25.6 Å². The van der Waals surface area contributed by atoms with Gasteiger partial charge in [0.2, 0.25) is 18.0 Å². The van der Waals surface area contributed by atoms with Crippen molar-refractivity contribution in [2.75, 3.05) is 11.9 Å². The Morgan fingerprint density at radius 3 is 2.35 bits per heavy atom. The number of halogens is 3. The number of hydrogen-bond acceptors (Lipinski definition) is 4. The Kier molecular flexibility index (Phi) is 7.37. The van der Waals surface area contributed by atoms with E-state index in [1.807, 2.05) is 42.5 Å². The summed E-state index contributed by atoms with van der Waals surface area (Å²) in [6.45, 7) is 1.37. The van der Waals surface area contributed by atoms with Gasteiger partial charge < -0.3 is 15.5 Å². The number of carbonyl (C=O) groups excluding carboxylic acids is 3. The number of nitrogens with one attached hydrogen (secondary N) is 2. The van der Waals surface area contributed by atoms with Crippen LogP contribution in [0.5, 0.6) is 0 Å². The quantitative estimate of drug-likeness (QED) is 0.502. The van der Waals surface area contributed by atoms with Gasteiger partial charge in [-0.3, -0.25) is 14.4 Å². The molecule has 2 atom stereocenters. The highest BCUT2D eigenvalue weighted by Crippen LogP contribution is 2.27. The van der Waals surface area contributed by atoms with Gasteiger partial charge in [0.15, 0.2) is 11.6 Å². The molecule has 0 spiro atoms. The summed E-state index contributed by atoms with van der Waals surface area (Å²) in [5.74, 6) is -5.75. The van der Waals surface area contributed by atoms with Crippen LogP contribution in [0.4, 0.5) is 18.9 Å². The zero-order valence-corrected chi connectivity index (χ0v) is 20.0. The minimum Gasteiger partial charge on any atom is -0.344 e. The highest BCUT2D eigenvalue weighted by atomic mass is 19.2. The molecule has 3 aromatic rings. The number of carbonyl (C=O) groups is 3. The lowest BCUT2D eigenvalue weighted by Crippen LogP contribution is -2.52. The predicted molar refractivity (Wildman–Crippen MR) is 131 cm³/mol. The maximum absolute atomic E-state index is 13.9. The first-order valence-electron chi connectivity index (χ1n) is 11.4. The molecular formula is C27H23F3N4O3. The number of fused-ring (bicyclic) bond motifs is 1. The van der Waals surface area contributed by atoms with Gasteiger partial charge in [0.1, 0.15) is 11.9 Å². The van der Waals surface area contributed by atoms with Crippen LogP contribution in [-0.2, 0) is 20.8 Å². The normalized spacial score (nSPS) is 15.8. The Bertz CT molecular complexity index is 1390. The number of benzodiazepines with no additional fused rings is 1. The van der Waals surface area contributed by atoms with Crippen LogP contribution in [0.25, 0.3) is 0 Å². The Morgan fingerprint density at radius 2 is 1.62 bits per heavy atom. The molecule has 0 aromatic heterocycles. The minimum absolute atomic E-state index is 0.350. The number of para-hydroxylation sites is 1. The van der Waals surface area contributed by atoms with Gasteiger partial charge in [0, 0.05) is 29.8 Å². The number of anilines is 1. The molecule has 37 heavy (non-hydrogen) atoms. The van der Waals surface area contributed by atoms with Crippen molar-refractivity contribution in [2.24, 2.45) is 4.99 Å². The highest BCUT2D eigenvalue weighted by molar-refractivity contribution is 6.20. The molecule has 0 saturated heterocycles. The Morgan fingerprint density at radius 1 is 0.973 bits per heavy atom. The molecule has 10 heteroatoms. The number of benzene rings is 3. The van der Waals surface area contributed by atoms with Crippen LogP contribution in [0, 0.1) is 17.5 Å². The topological polar surface area (TPSA) is 90.9 Å². The van der Waals surface area contributed by atoms with Crippen molar-refractivity contribution < 1.29 is 27.6 Å². The molecule has 2 N–H and O–H groups in total. The van der Waals surface area contributed by atoms with Crippen LogP contribution in [-0.4, -0.2) is 42.7 Å². The van der Waals surface area contributed by atoms with E-state index in [1.165, 1.54) is 11.8 Å². The van der Waals surface area contributed by atoms with E-state index < -0.39 is 53.8 Å². The lowest BCUT2D eigenvalue weighted by Gasteiger charge is -2.22. The third-order valence-electron chi connectivity index (χ3n) is 5.88. The lowest BCUT2D eigenvalue weighted by atomic mass is 10.0. The van der Waals surface area contributed by atoms with Gasteiger partial charge in [0.25, 0.3) is 5.91 Å². The summed E-state index contributed by atoms with van der Waals surface area (Å²) in [4.78, 5) is 44.4. The lowest BCUT2D eigenvalue weighted by molar-refractivity contribution is -0.130. The average Bonchev–Trinajstić information content (AvgIpc) is 2.98. The van der Waals surface area contributed by atoms with E-state index in [0.717, 1.165) is 5.56 Å². The molecule has 3 aromatic carbocycles. The zero-order chi connectivity index (χ0) is 26.7. The molecular weight excluding hydrogens is 485 g/mol. The SMILES string of the molecule is C[C@H](NC(=O)Cc1cc(F)c(F)cc1F)C(=O)N[C@H]1N=C(c2ccccc2)c2ccccc2N(C)C1=O. The monoisotopic (exact) mass is 508 g/mol. The maximum atomic E-state index is 13.9. The Balaban J connectivity index is 1.53. The summed E-state index contributed by atoms with van der Waals surface area (Å²) >= 11 is 0. The average molecular weight is 509 g/mol. The van der Waals surface area contributed by atoms with E-state index in [-0.39, 0.29) is 5.56 Å². The van der Waals surface area contributed by atoms with Gasteiger partial charge in [-0.15, -0.1) is 0 Å². The number of rotatable bonds is 6.